The molecule has 1 aliphatic carbocycles. The number of aryl methyl sites for hydroxylation is 1. The third-order valence-electron chi connectivity index (χ3n) is 2.22. The van der Waals surface area contributed by atoms with Gasteiger partial charge < -0.3 is 5.11 Å². The Kier molecular flexibility index (Phi) is 1.28. The Bertz CT molecular complexity index is 281. The van der Waals surface area contributed by atoms with Crippen LogP contribution < -0.4 is 5.73 Å². The Balaban J connectivity index is 2.56. The molecule has 0 heterocycles. The number of hydrogen-bond donors (Lipinski definition) is 1. The van der Waals surface area contributed by atoms with E-state index in [1.165, 1.54) is 0 Å². The third kappa shape index (κ3) is 0.951. The zero-order valence-corrected chi connectivity index (χ0v) is 6.17. The van der Waals surface area contributed by atoms with Crippen molar-refractivity contribution < 1.29 is 5.11 Å². The summed E-state index contributed by atoms with van der Waals surface area (Å²) in [7, 11) is 0. The summed E-state index contributed by atoms with van der Waals surface area (Å²) < 4.78 is 0. The second-order valence-electron chi connectivity index (χ2n) is 3.02. The van der Waals surface area contributed by atoms with Gasteiger partial charge in [0.15, 0.2) is 5.72 Å². The van der Waals surface area contributed by atoms with E-state index in [4.69, 9.17) is 5.73 Å². The summed E-state index contributed by atoms with van der Waals surface area (Å²) in [6, 6.07) is 7.61. The van der Waals surface area contributed by atoms with Gasteiger partial charge in [-0.1, -0.05) is 24.3 Å². The summed E-state index contributed by atoms with van der Waals surface area (Å²) >= 11 is 0. The predicted octanol–water partition coefficient (Wildman–Crippen LogP) is 1.06. The quantitative estimate of drug-likeness (QED) is 0.587. The Morgan fingerprint density at radius 1 is 1.36 bits per heavy atom. The average molecular weight is 148 g/mol. The van der Waals surface area contributed by atoms with Gasteiger partial charge >= 0.3 is 0 Å². The largest absolute Gasteiger partial charge is 0.370 e. The Morgan fingerprint density at radius 2 is 2.09 bits per heavy atom. The van der Waals surface area contributed by atoms with Gasteiger partial charge in [-0.2, -0.15) is 0 Å². The highest BCUT2D eigenvalue weighted by Gasteiger charge is 2.32. The van der Waals surface area contributed by atoms with Gasteiger partial charge in [-0.05, 0) is 18.4 Å². The molecule has 1 aliphatic rings. The second-order valence-corrected chi connectivity index (χ2v) is 3.02. The van der Waals surface area contributed by atoms with E-state index in [0.29, 0.717) is 6.42 Å². The van der Waals surface area contributed by atoms with E-state index in [2.05, 4.69) is 0 Å². The highest BCUT2D eigenvalue weighted by Crippen LogP contribution is 2.33. The van der Waals surface area contributed by atoms with Crippen molar-refractivity contribution >= 4 is 0 Å². The fraction of sp³-hybridized carbons (Fsp3) is 0.333. The summed E-state index contributed by atoms with van der Waals surface area (Å²) in [5.41, 5.74) is 8.09. The molecule has 0 bridgehead atoms. The van der Waals surface area contributed by atoms with Crippen molar-refractivity contribution in [3.05, 3.63) is 35.4 Å². The zero-order chi connectivity index (χ0) is 7.90. The smallest absolute Gasteiger partial charge is 0.154 e. The van der Waals surface area contributed by atoms with Gasteiger partial charge in [0, 0.05) is 5.56 Å². The molecule has 2 nitrogen and oxygen atoms in total. The van der Waals surface area contributed by atoms with Crippen LogP contribution in [0.5, 0.6) is 0 Å². The van der Waals surface area contributed by atoms with Crippen LogP contribution >= 0.6 is 0 Å². The summed E-state index contributed by atoms with van der Waals surface area (Å²) in [5, 5.41) is 9.51. The molecule has 2 N–H and O–H groups in total. The molecular formula is C9H10NO. The first-order valence-corrected chi connectivity index (χ1v) is 3.76. The van der Waals surface area contributed by atoms with E-state index < -0.39 is 5.72 Å². The van der Waals surface area contributed by atoms with Crippen molar-refractivity contribution in [2.45, 2.75) is 18.6 Å². The van der Waals surface area contributed by atoms with Gasteiger partial charge in [0.25, 0.3) is 0 Å². The standard InChI is InChI=1S/C9H10NO/c10-9(11)6-5-7-3-1-2-4-8(7)9/h1-4,10-11H,5-6H2. The van der Waals surface area contributed by atoms with Gasteiger partial charge in [-0.15, -0.1) is 0 Å². The lowest BCUT2D eigenvalue weighted by Gasteiger charge is -2.15. The highest BCUT2D eigenvalue weighted by molar-refractivity contribution is 5.35. The number of fused-ring (bicyclic) bond motifs is 1. The molecule has 2 rings (SSSR count). The maximum Gasteiger partial charge on any atom is 0.154 e. The normalized spacial score (nSPS) is 28.5. The average Bonchev–Trinajstić information content (AvgIpc) is 2.29. The van der Waals surface area contributed by atoms with Crippen LogP contribution in [0.25, 0.3) is 0 Å². The van der Waals surface area contributed by atoms with Gasteiger partial charge in [0.2, 0.25) is 0 Å². The molecule has 57 valence electrons. The monoisotopic (exact) mass is 148 g/mol. The van der Waals surface area contributed by atoms with Gasteiger partial charge in [0.1, 0.15) is 0 Å². The van der Waals surface area contributed by atoms with E-state index in [0.717, 1.165) is 17.5 Å². The van der Waals surface area contributed by atoms with Crippen molar-refractivity contribution in [1.29, 1.82) is 0 Å². The van der Waals surface area contributed by atoms with Crippen molar-refractivity contribution in [3.63, 3.8) is 0 Å². The zero-order valence-electron chi connectivity index (χ0n) is 6.17. The number of hydrogen-bond acceptors (Lipinski definition) is 1. The summed E-state index contributed by atoms with van der Waals surface area (Å²) in [4.78, 5) is 0. The number of nitrogens with one attached hydrogen (secondary N) is 1. The van der Waals surface area contributed by atoms with Crippen LogP contribution in [0.1, 0.15) is 17.5 Å². The van der Waals surface area contributed by atoms with E-state index in [9.17, 15) is 5.11 Å². The third-order valence-corrected chi connectivity index (χ3v) is 2.22. The number of aliphatic hydroxyl groups is 1. The minimum atomic E-state index is -1.32. The van der Waals surface area contributed by atoms with Crippen molar-refractivity contribution in [2.75, 3.05) is 0 Å². The lowest BCUT2D eigenvalue weighted by Crippen LogP contribution is -2.22. The molecule has 0 fully saturated rings. The van der Waals surface area contributed by atoms with Crippen LogP contribution in [0.15, 0.2) is 24.3 Å². The SMILES string of the molecule is [NH]C1(O)CCc2ccccc21. The molecule has 0 amide bonds. The summed E-state index contributed by atoms with van der Waals surface area (Å²) in [5.74, 6) is 0. The minimum Gasteiger partial charge on any atom is -0.370 e. The fourth-order valence-corrected chi connectivity index (χ4v) is 1.59. The first kappa shape index (κ1) is 6.83. The van der Waals surface area contributed by atoms with Crippen LogP contribution in [0.3, 0.4) is 0 Å². The Morgan fingerprint density at radius 3 is 2.82 bits per heavy atom. The van der Waals surface area contributed by atoms with Crippen molar-refractivity contribution in [2.24, 2.45) is 0 Å². The molecular weight excluding hydrogens is 138 g/mol. The van der Waals surface area contributed by atoms with E-state index in [-0.39, 0.29) is 0 Å². The molecule has 1 aromatic carbocycles. The molecule has 1 radical (unpaired) electrons. The molecule has 1 aromatic rings. The Hall–Kier alpha value is -0.860. The number of benzene rings is 1. The molecule has 0 aliphatic heterocycles. The molecule has 0 spiro atoms. The van der Waals surface area contributed by atoms with Crippen LogP contribution in [0, 0.1) is 0 Å². The van der Waals surface area contributed by atoms with Gasteiger partial charge in [-0.3, -0.25) is 0 Å². The van der Waals surface area contributed by atoms with Crippen molar-refractivity contribution in [3.8, 4) is 0 Å². The van der Waals surface area contributed by atoms with E-state index in [1.54, 1.807) is 0 Å². The van der Waals surface area contributed by atoms with Crippen molar-refractivity contribution in [1.82, 2.24) is 5.73 Å². The molecule has 0 saturated heterocycles. The molecule has 11 heavy (non-hydrogen) atoms. The maximum atomic E-state index is 9.51. The molecule has 0 saturated carbocycles. The lowest BCUT2D eigenvalue weighted by molar-refractivity contribution is 0.0372. The van der Waals surface area contributed by atoms with Crippen LogP contribution in [0.2, 0.25) is 0 Å². The van der Waals surface area contributed by atoms with Crippen LogP contribution in [0.4, 0.5) is 0 Å². The molecule has 2 heteroatoms. The second kappa shape index (κ2) is 2.06. The summed E-state index contributed by atoms with van der Waals surface area (Å²) in [6.45, 7) is 0. The van der Waals surface area contributed by atoms with Gasteiger partial charge in [-0.25, -0.2) is 5.73 Å². The number of rotatable bonds is 0. The predicted molar refractivity (Wildman–Crippen MR) is 41.8 cm³/mol. The minimum absolute atomic E-state index is 0.534. The molecule has 0 aromatic heterocycles. The lowest BCUT2D eigenvalue weighted by atomic mass is 10.1. The molecule has 1 atom stereocenters. The van der Waals surface area contributed by atoms with Gasteiger partial charge in [0.05, 0.1) is 0 Å². The topological polar surface area (TPSA) is 44.0 Å². The van der Waals surface area contributed by atoms with E-state index in [1.807, 2.05) is 24.3 Å². The first-order chi connectivity index (χ1) is 5.20. The molecule has 1 unspecified atom stereocenters. The summed E-state index contributed by atoms with van der Waals surface area (Å²) in [6.07, 6.45) is 1.36. The van der Waals surface area contributed by atoms with E-state index >= 15 is 0 Å². The highest BCUT2D eigenvalue weighted by atomic mass is 16.3. The van der Waals surface area contributed by atoms with Crippen LogP contribution in [-0.4, -0.2) is 5.11 Å². The first-order valence-electron chi connectivity index (χ1n) is 3.76. The maximum absolute atomic E-state index is 9.51. The fourth-order valence-electron chi connectivity index (χ4n) is 1.59. The van der Waals surface area contributed by atoms with Crippen LogP contribution in [-0.2, 0) is 12.1 Å². The Labute approximate surface area is 65.7 Å².